The van der Waals surface area contributed by atoms with E-state index in [0.29, 0.717) is 6.04 Å². The number of carbonyl (C=O) groups is 1. The molecule has 0 radical (unpaired) electrons. The molecule has 0 atom stereocenters. The number of aromatic amines is 1. The van der Waals surface area contributed by atoms with Gasteiger partial charge in [-0.1, -0.05) is 20.8 Å². The van der Waals surface area contributed by atoms with Crippen molar-refractivity contribution in [2.24, 2.45) is 5.92 Å². The van der Waals surface area contributed by atoms with E-state index in [9.17, 15) is 4.79 Å². The Bertz CT molecular complexity index is 379. The predicted molar refractivity (Wildman–Crippen MR) is 60.1 cm³/mol. The average molecular weight is 222 g/mol. The van der Waals surface area contributed by atoms with Gasteiger partial charge in [-0.3, -0.25) is 9.89 Å². The van der Waals surface area contributed by atoms with Gasteiger partial charge in [-0.15, -0.1) is 5.10 Å². The first-order chi connectivity index (χ1) is 7.56. The first-order valence-corrected chi connectivity index (χ1v) is 5.79. The van der Waals surface area contributed by atoms with Gasteiger partial charge in [0.25, 0.3) is 5.91 Å². The molecule has 88 valence electrons. The van der Waals surface area contributed by atoms with Crippen molar-refractivity contribution in [2.75, 3.05) is 0 Å². The van der Waals surface area contributed by atoms with Gasteiger partial charge >= 0.3 is 0 Å². The zero-order chi connectivity index (χ0) is 11.7. The molecular formula is C11H18N4O. The first kappa shape index (κ1) is 11.1. The second-order valence-corrected chi connectivity index (χ2v) is 4.95. The van der Waals surface area contributed by atoms with Crippen LogP contribution in [0.3, 0.4) is 0 Å². The zero-order valence-electron chi connectivity index (χ0n) is 9.95. The lowest BCUT2D eigenvalue weighted by Gasteiger charge is -2.32. The monoisotopic (exact) mass is 222 g/mol. The molecule has 1 aromatic rings. The van der Waals surface area contributed by atoms with Crippen molar-refractivity contribution in [2.45, 2.75) is 45.6 Å². The summed E-state index contributed by atoms with van der Waals surface area (Å²) in [5, 5.41) is 9.63. The standard InChI is InChI=1S/C11H18N4O/c1-6(2)9-13-10(15-14-9)11(16)12-8-4-7(3)5-8/h6-8H,4-5H2,1-3H3,(H,12,16)(H,13,14,15). The molecule has 0 saturated heterocycles. The van der Waals surface area contributed by atoms with E-state index < -0.39 is 0 Å². The molecule has 5 nitrogen and oxygen atoms in total. The van der Waals surface area contributed by atoms with Gasteiger partial charge in [0.05, 0.1) is 0 Å². The summed E-state index contributed by atoms with van der Waals surface area (Å²) in [7, 11) is 0. The van der Waals surface area contributed by atoms with Crippen LogP contribution in [0.4, 0.5) is 0 Å². The number of hydrogen-bond acceptors (Lipinski definition) is 3. The average Bonchev–Trinajstić information content (AvgIpc) is 2.63. The van der Waals surface area contributed by atoms with Gasteiger partial charge in [0.2, 0.25) is 5.82 Å². The Balaban J connectivity index is 1.93. The van der Waals surface area contributed by atoms with Gasteiger partial charge in [-0.05, 0) is 18.8 Å². The molecule has 1 fully saturated rings. The first-order valence-electron chi connectivity index (χ1n) is 5.79. The van der Waals surface area contributed by atoms with Gasteiger partial charge in [-0.2, -0.15) is 0 Å². The van der Waals surface area contributed by atoms with Crippen molar-refractivity contribution >= 4 is 5.91 Å². The third-order valence-corrected chi connectivity index (χ3v) is 2.96. The lowest BCUT2D eigenvalue weighted by atomic mass is 9.82. The Morgan fingerprint density at radius 3 is 2.69 bits per heavy atom. The fourth-order valence-electron chi connectivity index (χ4n) is 1.90. The molecule has 0 aromatic carbocycles. The molecule has 1 aliphatic carbocycles. The van der Waals surface area contributed by atoms with Crippen molar-refractivity contribution in [1.82, 2.24) is 20.5 Å². The highest BCUT2D eigenvalue weighted by atomic mass is 16.2. The van der Waals surface area contributed by atoms with Crippen LogP contribution in [0.5, 0.6) is 0 Å². The zero-order valence-corrected chi connectivity index (χ0v) is 9.95. The topological polar surface area (TPSA) is 70.7 Å². The third-order valence-electron chi connectivity index (χ3n) is 2.96. The van der Waals surface area contributed by atoms with Gasteiger partial charge in [0.15, 0.2) is 0 Å². The number of hydrogen-bond donors (Lipinski definition) is 2. The van der Waals surface area contributed by atoms with E-state index in [1.165, 1.54) is 0 Å². The molecular weight excluding hydrogens is 204 g/mol. The Hall–Kier alpha value is -1.39. The second-order valence-electron chi connectivity index (χ2n) is 4.95. The summed E-state index contributed by atoms with van der Waals surface area (Å²) in [5.74, 6) is 1.83. The molecule has 0 unspecified atom stereocenters. The minimum absolute atomic E-state index is 0.167. The van der Waals surface area contributed by atoms with E-state index in [-0.39, 0.29) is 17.6 Å². The number of nitrogens with one attached hydrogen (secondary N) is 2. The highest BCUT2D eigenvalue weighted by Crippen LogP contribution is 2.26. The number of aromatic nitrogens is 3. The van der Waals surface area contributed by atoms with Crippen LogP contribution in [0.25, 0.3) is 0 Å². The molecule has 2 N–H and O–H groups in total. The summed E-state index contributed by atoms with van der Waals surface area (Å²) in [4.78, 5) is 15.9. The van der Waals surface area contributed by atoms with Crippen LogP contribution in [0.1, 0.15) is 56.0 Å². The molecule has 1 amide bonds. The Kier molecular flexibility index (Phi) is 2.94. The van der Waals surface area contributed by atoms with Crippen LogP contribution in [-0.4, -0.2) is 27.1 Å². The third kappa shape index (κ3) is 2.23. The molecule has 16 heavy (non-hydrogen) atoms. The van der Waals surface area contributed by atoms with Crippen LogP contribution in [0.15, 0.2) is 0 Å². The van der Waals surface area contributed by atoms with E-state index >= 15 is 0 Å². The highest BCUT2D eigenvalue weighted by Gasteiger charge is 2.28. The number of rotatable bonds is 3. The molecule has 0 bridgehead atoms. The largest absolute Gasteiger partial charge is 0.347 e. The maximum Gasteiger partial charge on any atom is 0.291 e. The molecule has 0 spiro atoms. The summed E-state index contributed by atoms with van der Waals surface area (Å²) in [5.41, 5.74) is 0. The highest BCUT2D eigenvalue weighted by molar-refractivity contribution is 5.90. The van der Waals surface area contributed by atoms with E-state index in [1.54, 1.807) is 0 Å². The number of carbonyl (C=O) groups excluding carboxylic acids is 1. The molecule has 1 aromatic heterocycles. The molecule has 1 heterocycles. The summed E-state index contributed by atoms with van der Waals surface area (Å²) in [6.07, 6.45) is 2.13. The quantitative estimate of drug-likeness (QED) is 0.813. The lowest BCUT2D eigenvalue weighted by molar-refractivity contribution is 0.0885. The number of amides is 1. The molecule has 1 aliphatic rings. The van der Waals surface area contributed by atoms with Crippen molar-refractivity contribution in [3.8, 4) is 0 Å². The normalized spacial score (nSPS) is 24.2. The smallest absolute Gasteiger partial charge is 0.291 e. The van der Waals surface area contributed by atoms with Gasteiger partial charge in [-0.25, -0.2) is 4.98 Å². The second kappa shape index (κ2) is 4.23. The van der Waals surface area contributed by atoms with Crippen LogP contribution < -0.4 is 5.32 Å². The van der Waals surface area contributed by atoms with E-state index in [1.807, 2.05) is 13.8 Å². The molecule has 5 heteroatoms. The summed E-state index contributed by atoms with van der Waals surface area (Å²) in [6.45, 7) is 6.21. The van der Waals surface area contributed by atoms with E-state index in [2.05, 4.69) is 27.4 Å². The SMILES string of the molecule is CC1CC(NC(=O)c2n[nH]c(C(C)C)n2)C1. The van der Waals surface area contributed by atoms with Crippen LogP contribution in [-0.2, 0) is 0 Å². The molecule has 0 aliphatic heterocycles. The number of nitrogens with zero attached hydrogens (tertiary/aromatic N) is 2. The van der Waals surface area contributed by atoms with Crippen molar-refractivity contribution in [1.29, 1.82) is 0 Å². The maximum atomic E-state index is 11.7. The number of H-pyrrole nitrogens is 1. The van der Waals surface area contributed by atoms with Crippen molar-refractivity contribution in [3.05, 3.63) is 11.6 Å². The minimum atomic E-state index is -0.167. The summed E-state index contributed by atoms with van der Waals surface area (Å²) in [6, 6.07) is 0.309. The van der Waals surface area contributed by atoms with E-state index in [4.69, 9.17) is 0 Å². The molecule has 2 rings (SSSR count). The lowest BCUT2D eigenvalue weighted by Crippen LogP contribution is -2.43. The fraction of sp³-hybridized carbons (Fsp3) is 0.727. The van der Waals surface area contributed by atoms with E-state index in [0.717, 1.165) is 24.6 Å². The molecule has 1 saturated carbocycles. The van der Waals surface area contributed by atoms with Crippen LogP contribution in [0.2, 0.25) is 0 Å². The van der Waals surface area contributed by atoms with Gasteiger partial charge < -0.3 is 5.32 Å². The van der Waals surface area contributed by atoms with Crippen LogP contribution >= 0.6 is 0 Å². The van der Waals surface area contributed by atoms with Gasteiger partial charge in [0.1, 0.15) is 5.82 Å². The Morgan fingerprint density at radius 2 is 2.19 bits per heavy atom. The summed E-state index contributed by atoms with van der Waals surface area (Å²) < 4.78 is 0. The summed E-state index contributed by atoms with van der Waals surface area (Å²) >= 11 is 0. The minimum Gasteiger partial charge on any atom is -0.347 e. The predicted octanol–water partition coefficient (Wildman–Crippen LogP) is 1.46. The van der Waals surface area contributed by atoms with Crippen molar-refractivity contribution in [3.63, 3.8) is 0 Å². The maximum absolute atomic E-state index is 11.7. The Morgan fingerprint density at radius 1 is 1.50 bits per heavy atom. The Labute approximate surface area is 95.0 Å². The fourth-order valence-corrected chi connectivity index (χ4v) is 1.90. The van der Waals surface area contributed by atoms with Gasteiger partial charge in [0, 0.05) is 12.0 Å². The van der Waals surface area contributed by atoms with Crippen molar-refractivity contribution < 1.29 is 4.79 Å². The van der Waals surface area contributed by atoms with Crippen LogP contribution in [0, 0.1) is 5.92 Å².